The third kappa shape index (κ3) is 15.4. The van der Waals surface area contributed by atoms with Gasteiger partial charge in [-0.15, -0.1) is 0 Å². The number of hydrogen-bond donors (Lipinski definition) is 0. The maximum Gasteiger partial charge on any atom is 1.00 e. The minimum absolute atomic E-state index is 0. The Balaban J connectivity index is -0.000000301. The molecule has 0 aliphatic heterocycles. The largest absolute Gasteiger partial charge is 1.00 e. The van der Waals surface area contributed by atoms with Gasteiger partial charge in [0.1, 0.15) is 0 Å². The number of ether oxygens (including phenoxy) is 1. The van der Waals surface area contributed by atoms with Crippen LogP contribution in [-0.2, 0) is 28.7 Å². The molecule has 0 aromatic carbocycles. The van der Waals surface area contributed by atoms with E-state index in [0.29, 0.717) is 0 Å². The second-order valence-electron chi connectivity index (χ2n) is 3.45. The molecule has 0 aromatic heterocycles. The standard InChI is InChI=1S/C10H10O10.4Na/c11-5(12)1-2-8(17)20-10(9(18)19,3-6(13)14)4-7(15)16;;;;/h1-2H,3-4H2,(H,11,12)(H,13,14)(H,15,16)(H,18,19);;;;/q;4*+1/p-4/b2-1-;;;;. The van der Waals surface area contributed by atoms with E-state index in [0.717, 1.165) is 0 Å². The van der Waals surface area contributed by atoms with Crippen molar-refractivity contribution in [3.05, 3.63) is 12.2 Å². The van der Waals surface area contributed by atoms with Crippen molar-refractivity contribution in [2.75, 3.05) is 0 Å². The Kier molecular flexibility index (Phi) is 26.3. The molecule has 0 spiro atoms. The van der Waals surface area contributed by atoms with Crippen LogP contribution in [-0.4, -0.2) is 35.4 Å². The van der Waals surface area contributed by atoms with E-state index in [1.54, 1.807) is 0 Å². The number of carboxylic acids is 4. The van der Waals surface area contributed by atoms with Gasteiger partial charge in [-0.2, -0.15) is 0 Å². The normalized spacial score (nSPS) is 9.17. The Morgan fingerprint density at radius 1 is 0.750 bits per heavy atom. The van der Waals surface area contributed by atoms with Crippen molar-refractivity contribution in [2.45, 2.75) is 18.4 Å². The van der Waals surface area contributed by atoms with Crippen molar-refractivity contribution in [1.82, 2.24) is 0 Å². The van der Waals surface area contributed by atoms with Crippen LogP contribution in [0.25, 0.3) is 0 Å². The number of esters is 1. The van der Waals surface area contributed by atoms with E-state index in [4.69, 9.17) is 0 Å². The molecule has 0 unspecified atom stereocenters. The molecular formula is C10H6Na4O10. The Bertz CT molecular complexity index is 474. The Morgan fingerprint density at radius 2 is 1.12 bits per heavy atom. The molecule has 110 valence electrons. The Labute approximate surface area is 224 Å². The molecule has 0 aliphatic rings. The molecule has 0 aromatic rings. The van der Waals surface area contributed by atoms with Crippen molar-refractivity contribution in [3.8, 4) is 0 Å². The maximum atomic E-state index is 11.1. The molecule has 0 bridgehead atoms. The maximum absolute atomic E-state index is 11.1. The van der Waals surface area contributed by atoms with Crippen LogP contribution < -0.4 is 139 Å². The summed E-state index contributed by atoms with van der Waals surface area (Å²) in [5.74, 6) is -9.83. The summed E-state index contributed by atoms with van der Waals surface area (Å²) in [4.78, 5) is 52.8. The summed E-state index contributed by atoms with van der Waals surface area (Å²) in [6, 6.07) is 0. The molecule has 14 heteroatoms. The molecular weight excluding hydrogens is 372 g/mol. The molecule has 24 heavy (non-hydrogen) atoms. The zero-order valence-corrected chi connectivity index (χ0v) is 21.7. The molecule has 0 amide bonds. The number of carbonyl (C=O) groups excluding carboxylic acids is 5. The second-order valence-corrected chi connectivity index (χ2v) is 3.45. The first-order valence-electron chi connectivity index (χ1n) is 4.82. The van der Waals surface area contributed by atoms with Crippen LogP contribution in [0.2, 0.25) is 0 Å². The zero-order valence-electron chi connectivity index (χ0n) is 13.7. The van der Waals surface area contributed by atoms with Crippen molar-refractivity contribution in [2.24, 2.45) is 0 Å². The van der Waals surface area contributed by atoms with Crippen molar-refractivity contribution in [3.63, 3.8) is 0 Å². The number of hydrogen-bond acceptors (Lipinski definition) is 10. The Morgan fingerprint density at radius 3 is 1.38 bits per heavy atom. The van der Waals surface area contributed by atoms with E-state index in [1.165, 1.54) is 0 Å². The summed E-state index contributed by atoms with van der Waals surface area (Å²) in [6.07, 6.45) is -2.67. The summed E-state index contributed by atoms with van der Waals surface area (Å²) < 4.78 is 4.15. The van der Waals surface area contributed by atoms with Gasteiger partial charge in [-0.25, -0.2) is 4.79 Å². The average molecular weight is 378 g/mol. The summed E-state index contributed by atoms with van der Waals surface area (Å²) in [6.45, 7) is 0. The van der Waals surface area contributed by atoms with Gasteiger partial charge in [-0.05, 0) is 6.08 Å². The van der Waals surface area contributed by atoms with E-state index < -0.39 is 48.3 Å². The molecule has 0 saturated heterocycles. The average Bonchev–Trinajstić information content (AvgIpc) is 2.23. The number of aliphatic carboxylic acids is 4. The van der Waals surface area contributed by atoms with Crippen molar-refractivity contribution in [1.29, 1.82) is 0 Å². The first-order valence-corrected chi connectivity index (χ1v) is 4.82. The smallest absolute Gasteiger partial charge is 0.550 e. The minimum atomic E-state index is -3.08. The summed E-state index contributed by atoms with van der Waals surface area (Å²) in [5.41, 5.74) is -3.08. The quantitative estimate of drug-likeness (QED) is 0.223. The fraction of sp³-hybridized carbons (Fsp3) is 0.300. The molecule has 0 heterocycles. The van der Waals surface area contributed by atoms with Gasteiger partial charge in [-0.1, -0.05) is 0 Å². The first kappa shape index (κ1) is 36.1. The topological polar surface area (TPSA) is 187 Å². The predicted octanol–water partition coefficient (Wildman–Crippen LogP) is -18.4. The molecule has 0 fully saturated rings. The SMILES string of the molecule is O=C([O-])/C=C\C(=O)OC(CC(=O)[O-])(CC(=O)[O-])C(=O)[O-].[Na+].[Na+].[Na+].[Na+]. The number of carbonyl (C=O) groups is 5. The van der Waals surface area contributed by atoms with Gasteiger partial charge in [0, 0.05) is 30.9 Å². The summed E-state index contributed by atoms with van der Waals surface area (Å²) >= 11 is 0. The molecule has 0 saturated carbocycles. The van der Waals surface area contributed by atoms with Gasteiger partial charge in [0.05, 0.1) is 11.9 Å². The molecule has 0 radical (unpaired) electrons. The minimum Gasteiger partial charge on any atom is -0.550 e. The van der Waals surface area contributed by atoms with Gasteiger partial charge in [0.15, 0.2) is 5.60 Å². The van der Waals surface area contributed by atoms with Crippen LogP contribution in [0, 0.1) is 0 Å². The van der Waals surface area contributed by atoms with Crippen molar-refractivity contribution < 1.29 is 167 Å². The van der Waals surface area contributed by atoms with Crippen LogP contribution >= 0.6 is 0 Å². The van der Waals surface area contributed by atoms with Gasteiger partial charge in [-0.3, -0.25) is 0 Å². The zero-order chi connectivity index (χ0) is 15.9. The van der Waals surface area contributed by atoms with E-state index >= 15 is 0 Å². The van der Waals surface area contributed by atoms with Crippen LogP contribution in [0.4, 0.5) is 0 Å². The van der Waals surface area contributed by atoms with E-state index in [2.05, 4.69) is 4.74 Å². The van der Waals surface area contributed by atoms with Crippen LogP contribution in [0.15, 0.2) is 12.2 Å². The Hall–Kier alpha value is 1.09. The number of rotatable bonds is 8. The fourth-order valence-corrected chi connectivity index (χ4v) is 1.15. The molecule has 0 aliphatic carbocycles. The van der Waals surface area contributed by atoms with E-state index in [1.807, 2.05) is 0 Å². The molecule has 0 N–H and O–H groups in total. The molecule has 0 rings (SSSR count). The predicted molar refractivity (Wildman–Crippen MR) is 47.2 cm³/mol. The molecule has 0 atom stereocenters. The molecule has 10 nitrogen and oxygen atoms in total. The summed E-state index contributed by atoms with van der Waals surface area (Å²) in [5, 5.41) is 41.7. The van der Waals surface area contributed by atoms with Crippen LogP contribution in [0.1, 0.15) is 12.8 Å². The van der Waals surface area contributed by atoms with E-state index in [9.17, 15) is 44.4 Å². The second kappa shape index (κ2) is 17.5. The first-order chi connectivity index (χ1) is 9.09. The summed E-state index contributed by atoms with van der Waals surface area (Å²) in [7, 11) is 0. The van der Waals surface area contributed by atoms with Gasteiger partial charge < -0.3 is 44.3 Å². The van der Waals surface area contributed by atoms with Gasteiger partial charge in [0.25, 0.3) is 0 Å². The van der Waals surface area contributed by atoms with E-state index in [-0.39, 0.29) is 130 Å². The van der Waals surface area contributed by atoms with Crippen LogP contribution in [0.3, 0.4) is 0 Å². The fourth-order valence-electron chi connectivity index (χ4n) is 1.15. The van der Waals surface area contributed by atoms with Gasteiger partial charge in [0.2, 0.25) is 0 Å². The third-order valence-corrected chi connectivity index (χ3v) is 1.88. The van der Waals surface area contributed by atoms with Crippen molar-refractivity contribution >= 4 is 29.8 Å². The monoisotopic (exact) mass is 378 g/mol. The third-order valence-electron chi connectivity index (χ3n) is 1.88. The number of carboxylic acid groups (broad SMARTS) is 4. The van der Waals surface area contributed by atoms with Crippen LogP contribution in [0.5, 0.6) is 0 Å². The van der Waals surface area contributed by atoms with Gasteiger partial charge >= 0.3 is 124 Å².